The van der Waals surface area contributed by atoms with Gasteiger partial charge < -0.3 is 9.94 Å². The molecule has 2 rings (SSSR count). The van der Waals surface area contributed by atoms with Gasteiger partial charge in [-0.15, -0.1) is 0 Å². The number of hydrogen-bond donors (Lipinski definition) is 3. The van der Waals surface area contributed by atoms with Crippen LogP contribution in [0.15, 0.2) is 18.3 Å². The minimum Gasteiger partial charge on any atom is -0.595 e. The lowest BCUT2D eigenvalue weighted by Gasteiger charge is -2.14. The molecule has 0 amide bonds. The molecule has 1 aromatic carbocycles. The van der Waals surface area contributed by atoms with E-state index in [4.69, 9.17) is 5.21 Å². The van der Waals surface area contributed by atoms with E-state index in [0.717, 1.165) is 0 Å². The largest absolute Gasteiger partial charge is 0.595 e. The first-order chi connectivity index (χ1) is 7.63. The second kappa shape index (κ2) is 3.89. The molecule has 0 spiro atoms. The standard InChI is InChI=1S/C9H9N3O4/c1-16-9(13)6-3-7-5(4-10-11-7)2-8(6)12(14)15/h2-4,12,14H,1H3,(H,10,11). The van der Waals surface area contributed by atoms with Gasteiger partial charge in [-0.05, 0) is 6.07 Å². The molecule has 1 unspecified atom stereocenters. The summed E-state index contributed by atoms with van der Waals surface area (Å²) in [5.41, 5.74) is 0.498. The van der Waals surface area contributed by atoms with Crippen molar-refractivity contribution < 1.29 is 20.0 Å². The lowest BCUT2D eigenvalue weighted by Crippen LogP contribution is -2.99. The summed E-state index contributed by atoms with van der Waals surface area (Å²) < 4.78 is 4.52. The molecular formula is C9H9N3O4. The van der Waals surface area contributed by atoms with E-state index in [1.807, 2.05) is 0 Å². The molecule has 0 aliphatic carbocycles. The fraction of sp³-hybridized carbons (Fsp3) is 0.111. The number of rotatable bonds is 2. The van der Waals surface area contributed by atoms with Gasteiger partial charge in [-0.1, -0.05) is 0 Å². The molecule has 0 saturated heterocycles. The quantitative estimate of drug-likeness (QED) is 0.481. The number of hydrogen-bond acceptors (Lipinski definition) is 5. The van der Waals surface area contributed by atoms with Gasteiger partial charge in [0.05, 0.1) is 18.8 Å². The summed E-state index contributed by atoms with van der Waals surface area (Å²) >= 11 is 0. The molecule has 3 N–H and O–H groups in total. The maximum atomic E-state index is 11.4. The number of aromatic nitrogens is 2. The molecule has 7 heteroatoms. The first-order valence-corrected chi connectivity index (χ1v) is 4.42. The number of nitrogens with zero attached hydrogens (tertiary/aromatic N) is 1. The van der Waals surface area contributed by atoms with Crippen molar-refractivity contribution in [2.75, 3.05) is 7.11 Å². The first-order valence-electron chi connectivity index (χ1n) is 4.42. The second-order valence-corrected chi connectivity index (χ2v) is 3.15. The Hall–Kier alpha value is -1.96. The highest BCUT2D eigenvalue weighted by Crippen LogP contribution is 2.20. The van der Waals surface area contributed by atoms with Crippen molar-refractivity contribution in [2.45, 2.75) is 0 Å². The summed E-state index contributed by atoms with van der Waals surface area (Å²) in [5, 5.41) is 25.8. The highest BCUT2D eigenvalue weighted by atomic mass is 16.8. The van der Waals surface area contributed by atoms with E-state index in [9.17, 15) is 10.0 Å². The SMILES string of the molecule is COC(=O)c1cc2[nH]ncc2cc1[NH+]([O-])O. The van der Waals surface area contributed by atoms with E-state index in [2.05, 4.69) is 14.9 Å². The molecule has 0 bridgehead atoms. The third-order valence-electron chi connectivity index (χ3n) is 2.21. The summed E-state index contributed by atoms with van der Waals surface area (Å²) in [6.45, 7) is 0. The Bertz CT molecular complexity index is 535. The van der Waals surface area contributed by atoms with Crippen molar-refractivity contribution >= 4 is 22.6 Å². The minimum absolute atomic E-state index is 0.00625. The third-order valence-corrected chi connectivity index (χ3v) is 2.21. The highest BCUT2D eigenvalue weighted by molar-refractivity contribution is 5.98. The van der Waals surface area contributed by atoms with Crippen molar-refractivity contribution in [1.82, 2.24) is 10.2 Å². The molecule has 84 valence electrons. The maximum Gasteiger partial charge on any atom is 0.344 e. The Kier molecular flexibility index (Phi) is 2.57. The number of carbonyl (C=O) groups is 1. The van der Waals surface area contributed by atoms with Gasteiger partial charge in [-0.2, -0.15) is 10.3 Å². The number of carbonyl (C=O) groups excluding carboxylic acids is 1. The molecule has 2 aromatic rings. The fourth-order valence-corrected chi connectivity index (χ4v) is 1.45. The van der Waals surface area contributed by atoms with Gasteiger partial charge in [-0.25, -0.2) is 10.0 Å². The maximum absolute atomic E-state index is 11.4. The molecule has 1 aromatic heterocycles. The zero-order chi connectivity index (χ0) is 11.7. The topological polar surface area (TPSA) is 103 Å². The molecule has 0 aliphatic rings. The van der Waals surface area contributed by atoms with Crippen molar-refractivity contribution in [3.05, 3.63) is 29.1 Å². The zero-order valence-corrected chi connectivity index (χ0v) is 8.35. The number of aromatic amines is 1. The molecule has 0 aliphatic heterocycles. The van der Waals surface area contributed by atoms with Crippen LogP contribution in [0.5, 0.6) is 0 Å². The van der Waals surface area contributed by atoms with Crippen LogP contribution in [0.3, 0.4) is 0 Å². The summed E-state index contributed by atoms with van der Waals surface area (Å²) in [5.74, 6) is -0.686. The summed E-state index contributed by atoms with van der Waals surface area (Å²) in [7, 11) is 1.20. The van der Waals surface area contributed by atoms with Crippen LogP contribution >= 0.6 is 0 Å². The molecular weight excluding hydrogens is 214 g/mol. The minimum atomic E-state index is -1.18. The Morgan fingerprint density at radius 2 is 2.38 bits per heavy atom. The second-order valence-electron chi connectivity index (χ2n) is 3.15. The predicted octanol–water partition coefficient (Wildman–Crippen LogP) is -0.247. The van der Waals surface area contributed by atoms with E-state index >= 15 is 0 Å². The number of nitrogens with one attached hydrogen (secondary N) is 2. The van der Waals surface area contributed by atoms with Gasteiger partial charge in [-0.3, -0.25) is 5.10 Å². The smallest absolute Gasteiger partial charge is 0.344 e. The third kappa shape index (κ3) is 1.63. The summed E-state index contributed by atoms with van der Waals surface area (Å²) in [6.07, 6.45) is 1.49. The number of methoxy groups -OCH3 is 1. The van der Waals surface area contributed by atoms with E-state index in [1.54, 1.807) is 0 Å². The number of fused-ring (bicyclic) bond motifs is 1. The Labute approximate surface area is 89.8 Å². The average molecular weight is 223 g/mol. The number of benzene rings is 1. The van der Waals surface area contributed by atoms with Gasteiger partial charge >= 0.3 is 5.97 Å². The van der Waals surface area contributed by atoms with Gasteiger partial charge in [0.1, 0.15) is 5.56 Å². The van der Waals surface area contributed by atoms with Crippen molar-refractivity contribution in [2.24, 2.45) is 0 Å². The van der Waals surface area contributed by atoms with E-state index in [-0.39, 0.29) is 11.3 Å². The van der Waals surface area contributed by atoms with E-state index in [1.165, 1.54) is 25.4 Å². The zero-order valence-electron chi connectivity index (χ0n) is 8.35. The molecule has 1 atom stereocenters. The fourth-order valence-electron chi connectivity index (χ4n) is 1.45. The van der Waals surface area contributed by atoms with Gasteiger partial charge in [0, 0.05) is 11.5 Å². The average Bonchev–Trinajstić information content (AvgIpc) is 2.73. The van der Waals surface area contributed by atoms with Crippen LogP contribution in [-0.4, -0.2) is 28.5 Å². The number of H-pyrrole nitrogens is 1. The number of quaternary nitrogens is 1. The van der Waals surface area contributed by atoms with E-state index < -0.39 is 11.2 Å². The van der Waals surface area contributed by atoms with Crippen LogP contribution in [-0.2, 0) is 4.74 Å². The Morgan fingerprint density at radius 3 is 3.00 bits per heavy atom. The summed E-state index contributed by atoms with van der Waals surface area (Å²) in [6, 6.07) is 2.80. The summed E-state index contributed by atoms with van der Waals surface area (Å²) in [4.78, 5) is 11.4. The lowest BCUT2D eigenvalue weighted by molar-refractivity contribution is -0.991. The highest BCUT2D eigenvalue weighted by Gasteiger charge is 2.18. The van der Waals surface area contributed by atoms with Crippen molar-refractivity contribution in [3.8, 4) is 0 Å². The van der Waals surface area contributed by atoms with Gasteiger partial charge in [0.2, 0.25) is 0 Å². The predicted molar refractivity (Wildman–Crippen MR) is 53.2 cm³/mol. The molecule has 0 fully saturated rings. The molecule has 7 nitrogen and oxygen atoms in total. The first kappa shape index (κ1) is 10.6. The Balaban J connectivity index is 2.67. The van der Waals surface area contributed by atoms with Crippen molar-refractivity contribution in [3.63, 3.8) is 0 Å². The van der Waals surface area contributed by atoms with Crippen LogP contribution < -0.4 is 5.23 Å². The van der Waals surface area contributed by atoms with Crippen LogP contribution in [0.25, 0.3) is 10.9 Å². The monoisotopic (exact) mass is 223 g/mol. The molecule has 16 heavy (non-hydrogen) atoms. The van der Waals surface area contributed by atoms with Crippen LogP contribution in [0.2, 0.25) is 0 Å². The van der Waals surface area contributed by atoms with Crippen LogP contribution in [0.4, 0.5) is 5.69 Å². The Morgan fingerprint density at radius 1 is 1.62 bits per heavy atom. The van der Waals surface area contributed by atoms with Crippen LogP contribution in [0, 0.1) is 5.21 Å². The molecule has 1 heterocycles. The van der Waals surface area contributed by atoms with Crippen molar-refractivity contribution in [1.29, 1.82) is 0 Å². The normalized spacial score (nSPS) is 12.7. The molecule has 0 saturated carbocycles. The molecule has 0 radical (unpaired) electrons. The number of esters is 1. The van der Waals surface area contributed by atoms with Crippen LogP contribution in [0.1, 0.15) is 10.4 Å². The lowest BCUT2D eigenvalue weighted by atomic mass is 10.1. The van der Waals surface area contributed by atoms with E-state index in [0.29, 0.717) is 10.9 Å². The van der Waals surface area contributed by atoms with Gasteiger partial charge in [0.25, 0.3) is 0 Å². The van der Waals surface area contributed by atoms with Gasteiger partial charge in [0.15, 0.2) is 5.69 Å². The number of ether oxygens (including phenoxy) is 1.